The maximum atomic E-state index is 5.85. The Labute approximate surface area is 139 Å². The summed E-state index contributed by atoms with van der Waals surface area (Å²) in [6.07, 6.45) is 1.96. The molecule has 0 amide bonds. The smallest absolute Gasteiger partial charge is 0.106 e. The average molecular weight is 363 g/mol. The van der Waals surface area contributed by atoms with Crippen molar-refractivity contribution in [2.24, 2.45) is 5.73 Å². The first-order valence-corrected chi connectivity index (χ1v) is 8.24. The van der Waals surface area contributed by atoms with Crippen LogP contribution in [0.2, 0.25) is 0 Å². The predicted molar refractivity (Wildman–Crippen MR) is 98.5 cm³/mol. The summed E-state index contributed by atoms with van der Waals surface area (Å²) in [6, 6.07) is 12.4. The van der Waals surface area contributed by atoms with Crippen molar-refractivity contribution in [1.29, 1.82) is 0 Å². The molecule has 0 fully saturated rings. The van der Waals surface area contributed by atoms with E-state index in [2.05, 4.69) is 53.3 Å². The third-order valence-electron chi connectivity index (χ3n) is 3.51. The van der Waals surface area contributed by atoms with Crippen molar-refractivity contribution in [3.63, 3.8) is 0 Å². The molecule has 3 N–H and O–H groups in total. The second-order valence-corrected chi connectivity index (χ2v) is 6.19. The Morgan fingerprint density at radius 2 is 1.76 bits per heavy atom. The topological polar surface area (TPSA) is 38.0 Å². The van der Waals surface area contributed by atoms with Gasteiger partial charge in [0.15, 0.2) is 0 Å². The predicted octanol–water partition coefficient (Wildman–Crippen LogP) is 4.95. The van der Waals surface area contributed by atoms with E-state index in [1.54, 1.807) is 0 Å². The minimum absolute atomic E-state index is 0.394. The highest BCUT2D eigenvalue weighted by atomic mass is 79.9. The summed E-state index contributed by atoms with van der Waals surface area (Å²) in [5.74, 6) is 0. The summed E-state index contributed by atoms with van der Waals surface area (Å²) < 4.78 is 0.968. The standard InChI is InChI=1S/C17H19BrN2S/c1-3-11-6-5-7-12(4-2)16(11)20-15-9-8-13(18)10-14(15)17(19)21/h5-10,20H,3-4H2,1-2H3,(H2,19,21). The van der Waals surface area contributed by atoms with Gasteiger partial charge >= 0.3 is 0 Å². The first-order valence-electron chi connectivity index (χ1n) is 7.04. The molecule has 0 bridgehead atoms. The Balaban J connectivity index is 2.50. The second kappa shape index (κ2) is 7.05. The quantitative estimate of drug-likeness (QED) is 0.738. The van der Waals surface area contributed by atoms with Crippen molar-refractivity contribution < 1.29 is 0 Å². The molecule has 0 aliphatic carbocycles. The second-order valence-electron chi connectivity index (χ2n) is 4.84. The van der Waals surface area contributed by atoms with Crippen molar-refractivity contribution >= 4 is 44.5 Å². The molecule has 0 aromatic heterocycles. The number of anilines is 2. The highest BCUT2D eigenvalue weighted by Gasteiger charge is 2.11. The Morgan fingerprint density at radius 1 is 1.14 bits per heavy atom. The molecule has 2 rings (SSSR count). The molecule has 2 nitrogen and oxygen atoms in total. The summed E-state index contributed by atoms with van der Waals surface area (Å²) in [6.45, 7) is 4.33. The van der Waals surface area contributed by atoms with Crippen LogP contribution in [0.25, 0.3) is 0 Å². The summed E-state index contributed by atoms with van der Waals surface area (Å²) in [5, 5.41) is 3.53. The number of hydrogen-bond acceptors (Lipinski definition) is 2. The van der Waals surface area contributed by atoms with Gasteiger partial charge in [-0.05, 0) is 42.2 Å². The van der Waals surface area contributed by atoms with Crippen molar-refractivity contribution in [3.05, 3.63) is 57.6 Å². The van der Waals surface area contributed by atoms with E-state index in [9.17, 15) is 0 Å². The number of halogens is 1. The SMILES string of the molecule is CCc1cccc(CC)c1Nc1ccc(Br)cc1C(N)=S. The summed E-state index contributed by atoms with van der Waals surface area (Å²) in [5.41, 5.74) is 11.4. The monoisotopic (exact) mass is 362 g/mol. The summed E-state index contributed by atoms with van der Waals surface area (Å²) in [4.78, 5) is 0.394. The number of para-hydroxylation sites is 1. The molecular weight excluding hydrogens is 344 g/mol. The van der Waals surface area contributed by atoms with E-state index in [0.717, 1.165) is 28.6 Å². The van der Waals surface area contributed by atoms with Gasteiger partial charge in [-0.1, -0.05) is 60.2 Å². The van der Waals surface area contributed by atoms with Gasteiger partial charge in [-0.15, -0.1) is 0 Å². The third-order valence-corrected chi connectivity index (χ3v) is 4.22. The molecule has 0 heterocycles. The first-order chi connectivity index (χ1) is 10.1. The molecule has 2 aromatic rings. The van der Waals surface area contributed by atoms with Gasteiger partial charge in [-0.2, -0.15) is 0 Å². The van der Waals surface area contributed by atoms with E-state index < -0.39 is 0 Å². The lowest BCUT2D eigenvalue weighted by molar-refractivity contribution is 1.09. The van der Waals surface area contributed by atoms with E-state index in [-0.39, 0.29) is 0 Å². The fourth-order valence-electron chi connectivity index (χ4n) is 2.37. The van der Waals surface area contributed by atoms with Gasteiger partial charge in [-0.25, -0.2) is 0 Å². The lowest BCUT2D eigenvalue weighted by Gasteiger charge is -2.18. The zero-order valence-corrected chi connectivity index (χ0v) is 14.6. The van der Waals surface area contributed by atoms with E-state index in [0.29, 0.717) is 4.99 Å². The van der Waals surface area contributed by atoms with Crippen LogP contribution in [0.4, 0.5) is 11.4 Å². The fourth-order valence-corrected chi connectivity index (χ4v) is 2.90. The Bertz CT molecular complexity index is 646. The van der Waals surface area contributed by atoms with E-state index >= 15 is 0 Å². The van der Waals surface area contributed by atoms with Crippen LogP contribution >= 0.6 is 28.1 Å². The van der Waals surface area contributed by atoms with Gasteiger partial charge < -0.3 is 11.1 Å². The maximum absolute atomic E-state index is 5.85. The van der Waals surface area contributed by atoms with Crippen LogP contribution in [-0.4, -0.2) is 4.99 Å². The zero-order valence-electron chi connectivity index (χ0n) is 12.2. The normalized spacial score (nSPS) is 10.4. The fraction of sp³-hybridized carbons (Fsp3) is 0.235. The van der Waals surface area contributed by atoms with Crippen LogP contribution in [-0.2, 0) is 12.8 Å². The molecule has 0 saturated carbocycles. The van der Waals surface area contributed by atoms with Crippen molar-refractivity contribution in [1.82, 2.24) is 0 Å². The molecule has 0 saturated heterocycles. The minimum atomic E-state index is 0.394. The van der Waals surface area contributed by atoms with Crippen molar-refractivity contribution in [2.45, 2.75) is 26.7 Å². The molecule has 4 heteroatoms. The van der Waals surface area contributed by atoms with Gasteiger partial charge in [-0.3, -0.25) is 0 Å². The summed E-state index contributed by atoms with van der Waals surface area (Å²) >= 11 is 8.63. The molecule has 110 valence electrons. The zero-order chi connectivity index (χ0) is 15.4. The number of nitrogens with one attached hydrogen (secondary N) is 1. The van der Waals surface area contributed by atoms with E-state index in [4.69, 9.17) is 18.0 Å². The molecule has 21 heavy (non-hydrogen) atoms. The van der Waals surface area contributed by atoms with E-state index in [1.807, 2.05) is 18.2 Å². The Morgan fingerprint density at radius 3 is 2.29 bits per heavy atom. The van der Waals surface area contributed by atoms with Crippen LogP contribution in [0, 0.1) is 0 Å². The molecule has 0 radical (unpaired) electrons. The van der Waals surface area contributed by atoms with Gasteiger partial charge in [0.1, 0.15) is 4.99 Å². The maximum Gasteiger partial charge on any atom is 0.106 e. The van der Waals surface area contributed by atoms with Gasteiger partial charge in [0, 0.05) is 21.4 Å². The van der Waals surface area contributed by atoms with Crippen molar-refractivity contribution in [2.75, 3.05) is 5.32 Å². The molecule has 0 unspecified atom stereocenters. The number of hydrogen-bond donors (Lipinski definition) is 2. The molecule has 0 aliphatic rings. The van der Waals surface area contributed by atoms with Crippen LogP contribution in [0.1, 0.15) is 30.5 Å². The highest BCUT2D eigenvalue weighted by Crippen LogP contribution is 2.29. The van der Waals surface area contributed by atoms with Crippen LogP contribution in [0.3, 0.4) is 0 Å². The number of thiocarbonyl (C=S) groups is 1. The van der Waals surface area contributed by atoms with Crippen molar-refractivity contribution in [3.8, 4) is 0 Å². The van der Waals surface area contributed by atoms with Gasteiger partial charge in [0.2, 0.25) is 0 Å². The van der Waals surface area contributed by atoms with E-state index in [1.165, 1.54) is 16.8 Å². The molecule has 2 aromatic carbocycles. The third kappa shape index (κ3) is 3.63. The Hall–Kier alpha value is -1.39. The highest BCUT2D eigenvalue weighted by molar-refractivity contribution is 9.10. The number of benzene rings is 2. The Kier molecular flexibility index (Phi) is 5.37. The van der Waals surface area contributed by atoms with Crippen LogP contribution in [0.15, 0.2) is 40.9 Å². The van der Waals surface area contributed by atoms with Gasteiger partial charge in [0.05, 0.1) is 0 Å². The summed E-state index contributed by atoms with van der Waals surface area (Å²) in [7, 11) is 0. The van der Waals surface area contributed by atoms with Crippen LogP contribution in [0.5, 0.6) is 0 Å². The molecule has 0 aliphatic heterocycles. The average Bonchev–Trinajstić information content (AvgIpc) is 2.48. The number of aryl methyl sites for hydroxylation is 2. The molecule has 0 spiro atoms. The number of rotatable bonds is 5. The lowest BCUT2D eigenvalue weighted by Crippen LogP contribution is -2.12. The van der Waals surface area contributed by atoms with Gasteiger partial charge in [0.25, 0.3) is 0 Å². The molecular formula is C17H19BrN2S. The first kappa shape index (κ1) is 16.0. The number of nitrogens with two attached hydrogens (primary N) is 1. The van der Waals surface area contributed by atoms with Crippen LogP contribution < -0.4 is 11.1 Å². The minimum Gasteiger partial charge on any atom is -0.389 e. The molecule has 0 atom stereocenters. The lowest BCUT2D eigenvalue weighted by atomic mass is 10.0. The largest absolute Gasteiger partial charge is 0.389 e.